The summed E-state index contributed by atoms with van der Waals surface area (Å²) in [5, 5.41) is 0. The number of ether oxygens (including phenoxy) is 1. The van der Waals surface area contributed by atoms with Crippen molar-refractivity contribution in [2.75, 3.05) is 58.3 Å². The molecule has 54 heavy (non-hydrogen) atoms. The minimum absolute atomic E-state index is 0.0439. The molecule has 290 valence electrons. The van der Waals surface area contributed by atoms with Crippen molar-refractivity contribution in [3.8, 4) is 0 Å². The number of piperazine rings is 1. The van der Waals surface area contributed by atoms with E-state index in [-0.39, 0.29) is 37.9 Å². The number of hydrogen-bond donors (Lipinski definition) is 0. The van der Waals surface area contributed by atoms with E-state index in [1.807, 2.05) is 59.5 Å². The number of carbonyl (C=O) groups excluding carboxylic acids is 4. The van der Waals surface area contributed by atoms with E-state index in [1.165, 1.54) is 39.0 Å². The first-order valence-electron chi connectivity index (χ1n) is 17.9. The van der Waals surface area contributed by atoms with Crippen molar-refractivity contribution in [1.82, 2.24) is 19.6 Å². The van der Waals surface area contributed by atoms with E-state index in [0.717, 1.165) is 28.9 Å². The molecule has 4 rings (SSSR count). The van der Waals surface area contributed by atoms with Gasteiger partial charge in [-0.25, -0.2) is 4.79 Å². The van der Waals surface area contributed by atoms with Gasteiger partial charge in [0.1, 0.15) is 11.6 Å². The normalized spacial score (nSPS) is 14.1. The Morgan fingerprint density at radius 2 is 1.39 bits per heavy atom. The average molecular weight is 750 g/mol. The van der Waals surface area contributed by atoms with Crippen molar-refractivity contribution in [1.29, 1.82) is 0 Å². The van der Waals surface area contributed by atoms with Crippen molar-refractivity contribution in [2.24, 2.45) is 0 Å². The number of halogens is 3. The summed E-state index contributed by atoms with van der Waals surface area (Å²) >= 11 is 0. The van der Waals surface area contributed by atoms with Crippen LogP contribution in [-0.4, -0.2) is 108 Å². The highest BCUT2D eigenvalue weighted by atomic mass is 19.4. The van der Waals surface area contributed by atoms with Crippen LogP contribution in [0.4, 0.5) is 23.7 Å². The zero-order valence-corrected chi connectivity index (χ0v) is 31.8. The van der Waals surface area contributed by atoms with Gasteiger partial charge in [0, 0.05) is 85.0 Å². The molecule has 0 aromatic heterocycles. The number of likely N-dealkylation sites (N-methyl/N-ethyl adjacent to an activating group) is 2. The van der Waals surface area contributed by atoms with E-state index in [2.05, 4.69) is 4.90 Å². The van der Waals surface area contributed by atoms with E-state index in [9.17, 15) is 32.3 Å². The van der Waals surface area contributed by atoms with Gasteiger partial charge in [-0.3, -0.25) is 14.4 Å². The third kappa shape index (κ3) is 12.1. The molecule has 1 aliphatic heterocycles. The highest BCUT2D eigenvalue weighted by Crippen LogP contribution is 2.29. The molecule has 1 atom stereocenters. The number of hydrogen-bond acceptors (Lipinski definition) is 6. The van der Waals surface area contributed by atoms with E-state index >= 15 is 0 Å². The van der Waals surface area contributed by atoms with Crippen LogP contribution in [0.2, 0.25) is 0 Å². The first-order chi connectivity index (χ1) is 25.4. The van der Waals surface area contributed by atoms with Crippen LogP contribution in [0, 0.1) is 0 Å². The Hall–Kier alpha value is -5.33. The molecular weight excluding hydrogens is 699 g/mol. The van der Waals surface area contributed by atoms with Gasteiger partial charge in [-0.15, -0.1) is 0 Å². The van der Waals surface area contributed by atoms with Crippen LogP contribution >= 0.6 is 0 Å². The minimum Gasteiger partial charge on any atom is -0.444 e. The van der Waals surface area contributed by atoms with Gasteiger partial charge in [0.15, 0.2) is 0 Å². The summed E-state index contributed by atoms with van der Waals surface area (Å²) in [6.45, 7) is 9.87. The van der Waals surface area contributed by atoms with Crippen LogP contribution in [0.15, 0.2) is 84.9 Å². The monoisotopic (exact) mass is 749 g/mol. The number of amides is 4. The lowest BCUT2D eigenvalue weighted by Gasteiger charge is -2.36. The van der Waals surface area contributed by atoms with Gasteiger partial charge in [0.05, 0.1) is 5.56 Å². The molecule has 0 radical (unpaired) electrons. The molecule has 13 heteroatoms. The van der Waals surface area contributed by atoms with Crippen molar-refractivity contribution in [3.63, 3.8) is 0 Å². The maximum atomic E-state index is 14.4. The zero-order chi connectivity index (χ0) is 39.6. The third-order valence-electron chi connectivity index (χ3n) is 9.10. The van der Waals surface area contributed by atoms with Gasteiger partial charge in [-0.05, 0) is 67.8 Å². The molecule has 3 aromatic rings. The molecule has 1 fully saturated rings. The SMILES string of the molecule is CC(=O)N1CCN(c2ccc(CN(C(=O)C=Cc3ccc(C(F)(F)F)cc3)C(Cc3ccccc3)C(=O)N(C)CCN(C)C(=O)OC(C)(C)C)cc2)CC1. The molecule has 0 aliphatic carbocycles. The highest BCUT2D eigenvalue weighted by molar-refractivity contribution is 5.95. The fraction of sp³-hybridized carbons (Fsp3) is 0.415. The lowest BCUT2D eigenvalue weighted by atomic mass is 10.0. The van der Waals surface area contributed by atoms with Crippen LogP contribution in [0.3, 0.4) is 0 Å². The highest BCUT2D eigenvalue weighted by Gasteiger charge is 2.33. The van der Waals surface area contributed by atoms with E-state index < -0.39 is 35.4 Å². The maximum absolute atomic E-state index is 14.4. The summed E-state index contributed by atoms with van der Waals surface area (Å²) in [5.41, 5.74) is 1.44. The van der Waals surface area contributed by atoms with Gasteiger partial charge >= 0.3 is 12.3 Å². The fourth-order valence-electron chi connectivity index (χ4n) is 5.94. The average Bonchev–Trinajstić information content (AvgIpc) is 3.13. The molecule has 10 nitrogen and oxygen atoms in total. The predicted octanol–water partition coefficient (Wildman–Crippen LogP) is 6.35. The maximum Gasteiger partial charge on any atom is 0.416 e. The van der Waals surface area contributed by atoms with Crippen molar-refractivity contribution >= 4 is 35.6 Å². The van der Waals surface area contributed by atoms with Crippen LogP contribution in [0.5, 0.6) is 0 Å². The third-order valence-corrected chi connectivity index (χ3v) is 9.10. The Morgan fingerprint density at radius 1 is 0.796 bits per heavy atom. The van der Waals surface area contributed by atoms with Crippen molar-refractivity contribution in [2.45, 2.75) is 58.5 Å². The number of nitrogens with zero attached hydrogens (tertiary/aromatic N) is 5. The molecule has 1 unspecified atom stereocenters. The molecule has 1 heterocycles. The summed E-state index contributed by atoms with van der Waals surface area (Å²) in [7, 11) is 3.20. The van der Waals surface area contributed by atoms with Gasteiger partial charge in [-0.2, -0.15) is 13.2 Å². The standard InChI is InChI=1S/C41H50F3N5O5/c1-30(50)47-24-26-48(27-25-47)35-19-14-33(15-20-35)29-49(37(51)21-16-31-12-17-34(18-13-31)41(42,43)44)36(28-32-10-8-7-9-11-32)38(52)45(5)22-23-46(6)39(53)54-40(2,3)4/h7-21,36H,22-29H2,1-6H3. The number of alkyl halides is 3. The van der Waals surface area contributed by atoms with Gasteiger partial charge in [0.2, 0.25) is 17.7 Å². The van der Waals surface area contributed by atoms with E-state index in [4.69, 9.17) is 4.74 Å². The summed E-state index contributed by atoms with van der Waals surface area (Å²) in [6.07, 6.45) is -2.13. The lowest BCUT2D eigenvalue weighted by Crippen LogP contribution is -2.51. The smallest absolute Gasteiger partial charge is 0.416 e. The predicted molar refractivity (Wildman–Crippen MR) is 202 cm³/mol. The van der Waals surface area contributed by atoms with Crippen molar-refractivity contribution in [3.05, 3.63) is 107 Å². The number of anilines is 1. The molecular formula is C41H50F3N5O5. The Kier molecular flexibility index (Phi) is 13.9. The molecule has 1 aliphatic rings. The summed E-state index contributed by atoms with van der Waals surface area (Å²) in [4.78, 5) is 61.3. The Morgan fingerprint density at radius 3 is 1.94 bits per heavy atom. The Balaban J connectivity index is 1.63. The van der Waals surface area contributed by atoms with Gasteiger partial charge in [-0.1, -0.05) is 54.6 Å². The Bertz CT molecular complexity index is 1750. The Labute approximate surface area is 315 Å². The van der Waals surface area contributed by atoms with Gasteiger partial charge in [0.25, 0.3) is 0 Å². The zero-order valence-electron chi connectivity index (χ0n) is 31.8. The van der Waals surface area contributed by atoms with Crippen LogP contribution in [0.25, 0.3) is 6.08 Å². The summed E-state index contributed by atoms with van der Waals surface area (Å²) < 4.78 is 45.0. The summed E-state index contributed by atoms with van der Waals surface area (Å²) in [6, 6.07) is 20.5. The largest absolute Gasteiger partial charge is 0.444 e. The first-order valence-corrected chi connectivity index (χ1v) is 17.9. The second-order valence-electron chi connectivity index (χ2n) is 14.4. The molecule has 0 N–H and O–H groups in total. The van der Waals surface area contributed by atoms with E-state index in [0.29, 0.717) is 31.7 Å². The molecule has 0 saturated carbocycles. The topological polar surface area (TPSA) is 93.7 Å². The number of carbonyl (C=O) groups is 4. The molecule has 3 aromatic carbocycles. The summed E-state index contributed by atoms with van der Waals surface area (Å²) in [5.74, 6) is -0.817. The quantitative estimate of drug-likeness (QED) is 0.201. The van der Waals surface area contributed by atoms with Gasteiger partial charge < -0.3 is 29.2 Å². The lowest BCUT2D eigenvalue weighted by molar-refractivity contribution is -0.143. The first kappa shape index (κ1) is 41.4. The minimum atomic E-state index is -4.49. The molecule has 1 saturated heterocycles. The number of benzene rings is 3. The van der Waals surface area contributed by atoms with Crippen LogP contribution in [-0.2, 0) is 38.3 Å². The second-order valence-corrected chi connectivity index (χ2v) is 14.4. The van der Waals surface area contributed by atoms with E-state index in [1.54, 1.807) is 41.8 Å². The fourth-order valence-corrected chi connectivity index (χ4v) is 5.94. The van der Waals surface area contributed by atoms with Crippen LogP contribution in [0.1, 0.15) is 49.9 Å². The van der Waals surface area contributed by atoms with Crippen molar-refractivity contribution < 1.29 is 37.1 Å². The van der Waals surface area contributed by atoms with Crippen LogP contribution < -0.4 is 4.90 Å². The second kappa shape index (κ2) is 18.1. The molecule has 0 bridgehead atoms. The molecule has 0 spiro atoms. The number of rotatable bonds is 12. The molecule has 4 amide bonds.